The van der Waals surface area contributed by atoms with Crippen LogP contribution in [0.4, 0.5) is 4.39 Å². The Kier molecular flexibility index (Phi) is 2.40. The van der Waals surface area contributed by atoms with Crippen LogP contribution < -0.4 is 5.46 Å². The fourth-order valence-electron chi connectivity index (χ4n) is 1.57. The topological polar surface area (TPSA) is 25.8 Å². The zero-order valence-corrected chi connectivity index (χ0v) is 9.54. The number of nitrogens with zero attached hydrogens (tertiary/aromatic N) is 2. The number of halogens is 1. The van der Waals surface area contributed by atoms with E-state index in [4.69, 9.17) is 7.85 Å². The fraction of sp³-hybridized carbons (Fsp3) is 0. The molecular weight excluding hydrogens is 234 g/mol. The molecule has 5 heteroatoms. The first-order chi connectivity index (χ1) is 8.22. The van der Waals surface area contributed by atoms with Crippen molar-refractivity contribution in [3.8, 4) is 10.6 Å². The van der Waals surface area contributed by atoms with Gasteiger partial charge in [-0.15, -0.1) is 11.3 Å². The lowest BCUT2D eigenvalue weighted by Gasteiger charge is -1.93. The number of pyridine rings is 1. The van der Waals surface area contributed by atoms with Crippen LogP contribution in [-0.2, 0) is 0 Å². The van der Waals surface area contributed by atoms with E-state index in [1.165, 1.54) is 23.6 Å². The fourth-order valence-corrected chi connectivity index (χ4v) is 2.57. The van der Waals surface area contributed by atoms with Crippen molar-refractivity contribution in [2.24, 2.45) is 0 Å². The summed E-state index contributed by atoms with van der Waals surface area (Å²) in [6.45, 7) is 0. The molecule has 2 heterocycles. The minimum atomic E-state index is -0.487. The van der Waals surface area contributed by atoms with Crippen LogP contribution in [0.2, 0.25) is 0 Å². The third-order valence-electron chi connectivity index (χ3n) is 2.39. The molecule has 0 aliphatic heterocycles. The van der Waals surface area contributed by atoms with Gasteiger partial charge in [-0.05, 0) is 24.3 Å². The molecule has 2 nitrogen and oxygen atoms in total. The van der Waals surface area contributed by atoms with Crippen LogP contribution in [0.25, 0.3) is 20.8 Å². The van der Waals surface area contributed by atoms with Gasteiger partial charge in [0.25, 0.3) is 0 Å². The Labute approximate surface area is 103 Å². The summed E-state index contributed by atoms with van der Waals surface area (Å²) in [4.78, 5) is 8.07. The van der Waals surface area contributed by atoms with E-state index in [-0.39, 0.29) is 0 Å². The first-order valence-corrected chi connectivity index (χ1v) is 5.82. The molecular formula is C12H6BFN2S. The monoisotopic (exact) mass is 240 g/mol. The van der Waals surface area contributed by atoms with Crippen LogP contribution >= 0.6 is 11.3 Å². The molecule has 0 spiro atoms. The van der Waals surface area contributed by atoms with Crippen LogP contribution in [-0.4, -0.2) is 17.8 Å². The van der Waals surface area contributed by atoms with E-state index in [0.717, 1.165) is 20.8 Å². The van der Waals surface area contributed by atoms with Gasteiger partial charge in [-0.3, -0.25) is 0 Å². The number of benzene rings is 1. The lowest BCUT2D eigenvalue weighted by atomic mass is 9.97. The minimum absolute atomic E-state index is 0.487. The number of hydrogen-bond acceptors (Lipinski definition) is 3. The number of thiazole rings is 1. The third-order valence-corrected chi connectivity index (χ3v) is 3.45. The summed E-state index contributed by atoms with van der Waals surface area (Å²) in [5.41, 5.74) is 2.42. The first-order valence-electron chi connectivity index (χ1n) is 5.00. The van der Waals surface area contributed by atoms with Crippen LogP contribution in [0.5, 0.6) is 0 Å². The molecule has 3 aromatic rings. The molecule has 17 heavy (non-hydrogen) atoms. The van der Waals surface area contributed by atoms with Crippen LogP contribution in [0.15, 0.2) is 36.5 Å². The highest BCUT2D eigenvalue weighted by atomic mass is 32.1. The molecule has 0 amide bonds. The Bertz CT molecular complexity index is 679. The predicted molar refractivity (Wildman–Crippen MR) is 68.2 cm³/mol. The van der Waals surface area contributed by atoms with E-state index < -0.39 is 5.95 Å². The summed E-state index contributed by atoms with van der Waals surface area (Å²) in [6.07, 6.45) is 1.48. The first kappa shape index (κ1) is 10.4. The summed E-state index contributed by atoms with van der Waals surface area (Å²) in [5.74, 6) is -0.487. The summed E-state index contributed by atoms with van der Waals surface area (Å²) in [7, 11) is 5.71. The molecule has 0 bridgehead atoms. The van der Waals surface area contributed by atoms with Crippen molar-refractivity contribution in [1.82, 2.24) is 9.97 Å². The van der Waals surface area contributed by atoms with E-state index in [1.54, 1.807) is 6.07 Å². The zero-order chi connectivity index (χ0) is 11.8. The minimum Gasteiger partial charge on any atom is -0.236 e. The highest BCUT2D eigenvalue weighted by molar-refractivity contribution is 7.21. The standard InChI is InChI=1S/C12H6BFN2S/c13-8-2-3-9-10(5-8)17-12(16-9)7-1-4-11(14)15-6-7/h1-6H. The molecule has 80 valence electrons. The van der Waals surface area contributed by atoms with E-state index >= 15 is 0 Å². The maximum absolute atomic E-state index is 12.7. The van der Waals surface area contributed by atoms with Gasteiger partial charge in [-0.2, -0.15) is 4.39 Å². The maximum atomic E-state index is 12.7. The third kappa shape index (κ3) is 1.94. The molecule has 2 radical (unpaired) electrons. The molecule has 0 unspecified atom stereocenters. The molecule has 0 fully saturated rings. The number of hydrogen-bond donors (Lipinski definition) is 0. The largest absolute Gasteiger partial charge is 0.236 e. The Morgan fingerprint density at radius 1 is 1.18 bits per heavy atom. The van der Waals surface area contributed by atoms with Crippen molar-refractivity contribution in [3.63, 3.8) is 0 Å². The van der Waals surface area contributed by atoms with Crippen molar-refractivity contribution in [2.75, 3.05) is 0 Å². The van der Waals surface area contributed by atoms with E-state index in [1.807, 2.05) is 18.2 Å². The predicted octanol–water partition coefficient (Wildman–Crippen LogP) is 2.29. The molecule has 2 aromatic heterocycles. The smallest absolute Gasteiger partial charge is 0.212 e. The summed E-state index contributed by atoms with van der Waals surface area (Å²) in [6, 6.07) is 8.57. The Morgan fingerprint density at radius 3 is 2.82 bits per heavy atom. The molecule has 0 aliphatic rings. The van der Waals surface area contributed by atoms with Gasteiger partial charge >= 0.3 is 0 Å². The molecule has 0 atom stereocenters. The Balaban J connectivity index is 2.14. The van der Waals surface area contributed by atoms with Gasteiger partial charge in [0, 0.05) is 11.8 Å². The van der Waals surface area contributed by atoms with Gasteiger partial charge in [0.15, 0.2) is 0 Å². The van der Waals surface area contributed by atoms with Gasteiger partial charge in [-0.25, -0.2) is 9.97 Å². The second-order valence-electron chi connectivity index (χ2n) is 3.62. The van der Waals surface area contributed by atoms with Crippen molar-refractivity contribution in [3.05, 3.63) is 42.5 Å². The molecule has 1 aromatic carbocycles. The molecule has 0 saturated carbocycles. The molecule has 0 saturated heterocycles. The Hall–Kier alpha value is -1.75. The van der Waals surface area contributed by atoms with Crippen LogP contribution in [0.3, 0.4) is 0 Å². The van der Waals surface area contributed by atoms with E-state index in [9.17, 15) is 4.39 Å². The van der Waals surface area contributed by atoms with Gasteiger partial charge in [0.1, 0.15) is 12.9 Å². The SMILES string of the molecule is [B]c1ccc2nc(-c3ccc(F)nc3)sc2c1. The summed E-state index contributed by atoms with van der Waals surface area (Å²) < 4.78 is 13.7. The quantitative estimate of drug-likeness (QED) is 0.481. The number of rotatable bonds is 1. The molecule has 0 N–H and O–H groups in total. The number of aromatic nitrogens is 2. The van der Waals surface area contributed by atoms with Crippen molar-refractivity contribution < 1.29 is 4.39 Å². The molecule has 3 rings (SSSR count). The van der Waals surface area contributed by atoms with Crippen LogP contribution in [0.1, 0.15) is 0 Å². The molecule has 0 aliphatic carbocycles. The van der Waals surface area contributed by atoms with Gasteiger partial charge in [0.2, 0.25) is 5.95 Å². The lowest BCUT2D eigenvalue weighted by molar-refractivity contribution is 0.584. The van der Waals surface area contributed by atoms with Gasteiger partial charge in [0.05, 0.1) is 10.2 Å². The average molecular weight is 240 g/mol. The number of fused-ring (bicyclic) bond motifs is 1. The second-order valence-corrected chi connectivity index (χ2v) is 4.65. The average Bonchev–Trinajstić information content (AvgIpc) is 2.72. The van der Waals surface area contributed by atoms with Crippen molar-refractivity contribution >= 4 is 34.9 Å². The highest BCUT2D eigenvalue weighted by Crippen LogP contribution is 2.28. The van der Waals surface area contributed by atoms with Gasteiger partial charge < -0.3 is 0 Å². The second kappa shape index (κ2) is 3.93. The normalized spacial score (nSPS) is 10.9. The van der Waals surface area contributed by atoms with Crippen molar-refractivity contribution in [1.29, 1.82) is 0 Å². The van der Waals surface area contributed by atoms with Crippen LogP contribution in [0, 0.1) is 5.95 Å². The summed E-state index contributed by atoms with van der Waals surface area (Å²) in [5, 5.41) is 0.818. The Morgan fingerprint density at radius 2 is 2.06 bits per heavy atom. The highest BCUT2D eigenvalue weighted by Gasteiger charge is 2.06. The van der Waals surface area contributed by atoms with E-state index in [0.29, 0.717) is 5.46 Å². The van der Waals surface area contributed by atoms with Gasteiger partial charge in [-0.1, -0.05) is 11.5 Å². The maximum Gasteiger partial charge on any atom is 0.212 e. The van der Waals surface area contributed by atoms with Crippen molar-refractivity contribution in [2.45, 2.75) is 0 Å². The van der Waals surface area contributed by atoms with E-state index in [2.05, 4.69) is 9.97 Å². The zero-order valence-electron chi connectivity index (χ0n) is 8.72. The summed E-state index contributed by atoms with van der Waals surface area (Å²) >= 11 is 1.52. The lowest BCUT2D eigenvalue weighted by Crippen LogP contribution is -1.98.